The van der Waals surface area contributed by atoms with Gasteiger partial charge in [0, 0.05) is 5.33 Å². The van der Waals surface area contributed by atoms with E-state index in [0.717, 1.165) is 5.33 Å². The molecule has 0 bridgehead atoms. The van der Waals surface area contributed by atoms with E-state index >= 15 is 0 Å². The Morgan fingerprint density at radius 3 is 2.64 bits per heavy atom. The van der Waals surface area contributed by atoms with Crippen molar-refractivity contribution in [3.63, 3.8) is 0 Å². The molecular weight excluding hydrogens is 266 g/mol. The summed E-state index contributed by atoms with van der Waals surface area (Å²) in [7, 11) is 0. The molecule has 0 amide bonds. The molecule has 0 fully saturated rings. The van der Waals surface area contributed by atoms with Crippen molar-refractivity contribution in [3.8, 4) is 0 Å². The summed E-state index contributed by atoms with van der Waals surface area (Å²) in [5.41, 5.74) is 0.730. The predicted molar refractivity (Wildman–Crippen MR) is 62.7 cm³/mol. The van der Waals surface area contributed by atoms with Gasteiger partial charge >= 0.3 is 0 Å². The van der Waals surface area contributed by atoms with Crippen LogP contribution >= 0.6 is 27.5 Å². The average Bonchev–Trinajstić information content (AvgIpc) is 2.13. The van der Waals surface area contributed by atoms with Crippen molar-refractivity contribution in [1.29, 1.82) is 0 Å². The molecular formula is C11H13BrClF. The molecule has 0 aromatic heterocycles. The van der Waals surface area contributed by atoms with Crippen molar-refractivity contribution in [3.05, 3.63) is 34.6 Å². The van der Waals surface area contributed by atoms with Crippen molar-refractivity contribution in [2.75, 3.05) is 5.33 Å². The molecule has 14 heavy (non-hydrogen) atoms. The molecule has 0 radical (unpaired) electrons. The first-order valence-corrected chi connectivity index (χ1v) is 5.95. The molecule has 0 saturated heterocycles. The first-order chi connectivity index (χ1) is 6.46. The van der Waals surface area contributed by atoms with Crippen LogP contribution in [0.3, 0.4) is 0 Å². The van der Waals surface area contributed by atoms with Gasteiger partial charge in [0.2, 0.25) is 0 Å². The second kappa shape index (κ2) is 4.63. The first kappa shape index (κ1) is 12.0. The van der Waals surface area contributed by atoms with E-state index in [2.05, 4.69) is 29.8 Å². The van der Waals surface area contributed by atoms with Gasteiger partial charge in [-0.2, -0.15) is 0 Å². The molecule has 1 aromatic carbocycles. The van der Waals surface area contributed by atoms with Crippen LogP contribution in [0.5, 0.6) is 0 Å². The van der Waals surface area contributed by atoms with E-state index in [-0.39, 0.29) is 16.3 Å². The Bertz CT molecular complexity index is 323. The van der Waals surface area contributed by atoms with Gasteiger partial charge < -0.3 is 0 Å². The monoisotopic (exact) mass is 278 g/mol. The van der Waals surface area contributed by atoms with E-state index in [1.807, 2.05) is 0 Å². The maximum Gasteiger partial charge on any atom is 0.144 e. The zero-order valence-electron chi connectivity index (χ0n) is 8.28. The average molecular weight is 280 g/mol. The first-order valence-electron chi connectivity index (χ1n) is 4.45. The smallest absolute Gasteiger partial charge is 0.144 e. The Morgan fingerprint density at radius 2 is 2.07 bits per heavy atom. The van der Waals surface area contributed by atoms with Crippen LogP contribution in [0.2, 0.25) is 5.02 Å². The van der Waals surface area contributed by atoms with Crippen LogP contribution in [0.15, 0.2) is 18.2 Å². The second-order valence-corrected chi connectivity index (χ2v) is 5.16. The molecule has 0 spiro atoms. The third kappa shape index (κ3) is 2.96. The standard InChI is InChI=1S/C11H13BrClF/c1-11(2,7-12)6-8-4-3-5-9(13)10(8)14/h3-5H,6-7H2,1-2H3. The van der Waals surface area contributed by atoms with Gasteiger partial charge in [-0.1, -0.05) is 53.5 Å². The minimum absolute atomic E-state index is 0.0471. The largest absolute Gasteiger partial charge is 0.205 e. The molecule has 0 unspecified atom stereocenters. The Hall–Kier alpha value is -0.0800. The van der Waals surface area contributed by atoms with Crippen LogP contribution < -0.4 is 0 Å². The highest BCUT2D eigenvalue weighted by molar-refractivity contribution is 9.09. The predicted octanol–water partition coefficient (Wildman–Crippen LogP) is 4.44. The van der Waals surface area contributed by atoms with Crippen molar-refractivity contribution in [2.45, 2.75) is 20.3 Å². The summed E-state index contributed by atoms with van der Waals surface area (Å²) in [6.07, 6.45) is 0.685. The van der Waals surface area contributed by atoms with Gasteiger partial charge in [-0.3, -0.25) is 0 Å². The highest BCUT2D eigenvalue weighted by atomic mass is 79.9. The lowest BCUT2D eigenvalue weighted by Gasteiger charge is -2.21. The van der Waals surface area contributed by atoms with Gasteiger partial charge in [-0.15, -0.1) is 0 Å². The van der Waals surface area contributed by atoms with Crippen LogP contribution in [-0.2, 0) is 6.42 Å². The summed E-state index contributed by atoms with van der Waals surface area (Å²) in [6.45, 7) is 4.17. The van der Waals surface area contributed by atoms with E-state index in [9.17, 15) is 4.39 Å². The van der Waals surface area contributed by atoms with E-state index in [1.54, 1.807) is 18.2 Å². The molecule has 0 nitrogen and oxygen atoms in total. The number of alkyl halides is 1. The molecule has 0 aliphatic carbocycles. The number of hydrogen-bond acceptors (Lipinski definition) is 0. The van der Waals surface area contributed by atoms with E-state index in [4.69, 9.17) is 11.6 Å². The lowest BCUT2D eigenvalue weighted by atomic mass is 9.88. The topological polar surface area (TPSA) is 0 Å². The highest BCUT2D eigenvalue weighted by Gasteiger charge is 2.19. The van der Waals surface area contributed by atoms with E-state index in [0.29, 0.717) is 12.0 Å². The molecule has 0 aliphatic rings. The zero-order chi connectivity index (χ0) is 10.8. The fourth-order valence-corrected chi connectivity index (χ4v) is 1.64. The van der Waals surface area contributed by atoms with Crippen LogP contribution in [0, 0.1) is 11.2 Å². The quantitative estimate of drug-likeness (QED) is 0.718. The van der Waals surface area contributed by atoms with Crippen LogP contribution in [-0.4, -0.2) is 5.33 Å². The molecule has 0 atom stereocenters. The number of hydrogen-bond donors (Lipinski definition) is 0. The van der Waals surface area contributed by atoms with Crippen molar-refractivity contribution in [2.24, 2.45) is 5.41 Å². The molecule has 1 rings (SSSR count). The Labute approximate surface area is 97.6 Å². The Kier molecular flexibility index (Phi) is 3.96. The third-order valence-corrected chi connectivity index (χ3v) is 3.87. The maximum absolute atomic E-state index is 13.5. The second-order valence-electron chi connectivity index (χ2n) is 4.19. The van der Waals surface area contributed by atoms with Gasteiger partial charge in [-0.05, 0) is 23.5 Å². The van der Waals surface area contributed by atoms with Crippen LogP contribution in [0.1, 0.15) is 19.4 Å². The third-order valence-electron chi connectivity index (χ3n) is 2.06. The highest BCUT2D eigenvalue weighted by Crippen LogP contribution is 2.27. The zero-order valence-corrected chi connectivity index (χ0v) is 10.6. The summed E-state index contributed by atoms with van der Waals surface area (Å²) >= 11 is 9.12. The van der Waals surface area contributed by atoms with Gasteiger partial charge in [-0.25, -0.2) is 4.39 Å². The number of benzene rings is 1. The van der Waals surface area contributed by atoms with Gasteiger partial charge in [0.05, 0.1) is 5.02 Å². The van der Waals surface area contributed by atoms with Gasteiger partial charge in [0.15, 0.2) is 0 Å². The number of halogens is 3. The molecule has 1 aromatic rings. The van der Waals surface area contributed by atoms with Crippen molar-refractivity contribution < 1.29 is 4.39 Å². The van der Waals surface area contributed by atoms with Crippen LogP contribution in [0.25, 0.3) is 0 Å². The lowest BCUT2D eigenvalue weighted by Crippen LogP contribution is -2.17. The van der Waals surface area contributed by atoms with Gasteiger partial charge in [0.25, 0.3) is 0 Å². The SMILES string of the molecule is CC(C)(CBr)Cc1cccc(Cl)c1F. The Balaban J connectivity index is 2.92. The molecule has 3 heteroatoms. The Morgan fingerprint density at radius 1 is 1.43 bits per heavy atom. The van der Waals surface area contributed by atoms with Crippen molar-refractivity contribution in [1.82, 2.24) is 0 Å². The van der Waals surface area contributed by atoms with E-state index in [1.165, 1.54) is 0 Å². The fourth-order valence-electron chi connectivity index (χ4n) is 1.25. The summed E-state index contributed by atoms with van der Waals surface area (Å²) in [5, 5.41) is 1.04. The summed E-state index contributed by atoms with van der Waals surface area (Å²) in [6, 6.07) is 5.14. The minimum Gasteiger partial charge on any atom is -0.205 e. The molecule has 0 N–H and O–H groups in total. The maximum atomic E-state index is 13.5. The van der Waals surface area contributed by atoms with Crippen LogP contribution in [0.4, 0.5) is 4.39 Å². The van der Waals surface area contributed by atoms with Gasteiger partial charge in [0.1, 0.15) is 5.82 Å². The molecule has 78 valence electrons. The van der Waals surface area contributed by atoms with E-state index < -0.39 is 0 Å². The minimum atomic E-state index is -0.289. The number of rotatable bonds is 3. The van der Waals surface area contributed by atoms with Crippen molar-refractivity contribution >= 4 is 27.5 Å². The lowest BCUT2D eigenvalue weighted by molar-refractivity contribution is 0.415. The molecule has 0 saturated carbocycles. The molecule has 0 aliphatic heterocycles. The normalized spacial score (nSPS) is 11.8. The fraction of sp³-hybridized carbons (Fsp3) is 0.455. The summed E-state index contributed by atoms with van der Waals surface area (Å²) < 4.78 is 13.5. The molecule has 0 heterocycles. The summed E-state index contributed by atoms with van der Waals surface area (Å²) in [5.74, 6) is -0.289. The summed E-state index contributed by atoms with van der Waals surface area (Å²) in [4.78, 5) is 0.